The van der Waals surface area contributed by atoms with Crippen molar-refractivity contribution in [3.8, 4) is 0 Å². The van der Waals surface area contributed by atoms with E-state index in [9.17, 15) is 4.79 Å². The predicted molar refractivity (Wildman–Crippen MR) is 84.6 cm³/mol. The van der Waals surface area contributed by atoms with Gasteiger partial charge in [-0.2, -0.15) is 5.10 Å². The van der Waals surface area contributed by atoms with E-state index < -0.39 is 0 Å². The Labute approximate surface area is 131 Å². The maximum atomic E-state index is 12.2. The summed E-state index contributed by atoms with van der Waals surface area (Å²) in [7, 11) is 0. The highest BCUT2D eigenvalue weighted by molar-refractivity contribution is 5.79. The van der Waals surface area contributed by atoms with Gasteiger partial charge in [-0.15, -0.1) is 0 Å². The summed E-state index contributed by atoms with van der Waals surface area (Å²) in [5.74, 6) is 0.715. The van der Waals surface area contributed by atoms with Crippen LogP contribution in [0, 0.1) is 27.7 Å². The normalized spacial score (nSPS) is 12.2. The van der Waals surface area contributed by atoms with Crippen LogP contribution in [0.25, 0.3) is 0 Å². The maximum absolute atomic E-state index is 12.2. The van der Waals surface area contributed by atoms with Crippen molar-refractivity contribution in [2.24, 2.45) is 0 Å². The van der Waals surface area contributed by atoms with Gasteiger partial charge in [0, 0.05) is 30.0 Å². The van der Waals surface area contributed by atoms with Crippen LogP contribution in [0.15, 0.2) is 12.1 Å². The smallest absolute Gasteiger partial charge is 0.244 e. The number of aromatic nitrogens is 4. The molecule has 0 aliphatic carbocycles. The molecule has 1 atom stereocenters. The summed E-state index contributed by atoms with van der Waals surface area (Å²) in [5.41, 5.74) is 3.80. The number of hydrogen-bond donors (Lipinski definition) is 1. The summed E-state index contributed by atoms with van der Waals surface area (Å²) >= 11 is 0. The largest absolute Gasteiger partial charge is 0.354 e. The molecule has 2 rings (SSSR count). The fourth-order valence-electron chi connectivity index (χ4n) is 2.51. The molecule has 0 saturated carbocycles. The van der Waals surface area contributed by atoms with E-state index in [2.05, 4.69) is 20.4 Å². The van der Waals surface area contributed by atoms with Gasteiger partial charge >= 0.3 is 0 Å². The monoisotopic (exact) mass is 301 g/mol. The summed E-state index contributed by atoms with van der Waals surface area (Å²) in [6, 6.07) is 3.58. The fourth-order valence-corrected chi connectivity index (χ4v) is 2.51. The maximum Gasteiger partial charge on any atom is 0.244 e. The molecule has 0 saturated heterocycles. The van der Waals surface area contributed by atoms with Crippen LogP contribution in [-0.4, -0.2) is 32.2 Å². The van der Waals surface area contributed by atoms with E-state index in [1.54, 1.807) is 4.68 Å². The van der Waals surface area contributed by atoms with Crippen LogP contribution in [0.3, 0.4) is 0 Å². The minimum atomic E-state index is -0.325. The number of carbonyl (C=O) groups excluding carboxylic acids is 1. The molecular formula is C16H23N5O. The van der Waals surface area contributed by atoms with E-state index in [0.717, 1.165) is 28.6 Å². The van der Waals surface area contributed by atoms with Gasteiger partial charge in [-0.25, -0.2) is 9.97 Å². The molecule has 0 aliphatic heterocycles. The molecule has 2 heterocycles. The molecule has 0 fully saturated rings. The molecule has 0 aliphatic rings. The molecule has 22 heavy (non-hydrogen) atoms. The quantitative estimate of drug-likeness (QED) is 0.914. The second-order valence-electron chi connectivity index (χ2n) is 5.66. The molecule has 0 radical (unpaired) electrons. The van der Waals surface area contributed by atoms with Gasteiger partial charge in [0.25, 0.3) is 0 Å². The molecule has 0 bridgehead atoms. The van der Waals surface area contributed by atoms with Crippen molar-refractivity contribution in [3.05, 3.63) is 40.7 Å². The molecule has 118 valence electrons. The molecule has 2 aromatic heterocycles. The van der Waals surface area contributed by atoms with Crippen molar-refractivity contribution in [2.45, 2.75) is 47.1 Å². The van der Waals surface area contributed by atoms with Crippen LogP contribution >= 0.6 is 0 Å². The molecule has 0 aromatic carbocycles. The zero-order valence-corrected chi connectivity index (χ0v) is 13.8. The lowest BCUT2D eigenvalue weighted by Gasteiger charge is -2.14. The van der Waals surface area contributed by atoms with Gasteiger partial charge in [0.15, 0.2) is 0 Å². The van der Waals surface area contributed by atoms with Gasteiger partial charge in [0.1, 0.15) is 11.9 Å². The highest BCUT2D eigenvalue weighted by Gasteiger charge is 2.17. The van der Waals surface area contributed by atoms with Gasteiger partial charge < -0.3 is 5.32 Å². The number of carbonyl (C=O) groups is 1. The Morgan fingerprint density at radius 3 is 2.32 bits per heavy atom. The first kappa shape index (κ1) is 16.1. The van der Waals surface area contributed by atoms with Crippen LogP contribution in [0.1, 0.15) is 41.6 Å². The second-order valence-corrected chi connectivity index (χ2v) is 5.66. The van der Waals surface area contributed by atoms with E-state index in [-0.39, 0.29) is 11.9 Å². The van der Waals surface area contributed by atoms with Crippen molar-refractivity contribution >= 4 is 5.91 Å². The van der Waals surface area contributed by atoms with Crippen LogP contribution in [0.2, 0.25) is 0 Å². The lowest BCUT2D eigenvalue weighted by molar-refractivity contribution is -0.124. The molecule has 6 nitrogen and oxygen atoms in total. The molecule has 0 spiro atoms. The first-order valence-electron chi connectivity index (χ1n) is 7.48. The number of nitrogens with zero attached hydrogens (tertiary/aromatic N) is 4. The van der Waals surface area contributed by atoms with Gasteiger partial charge in [0.05, 0.1) is 5.69 Å². The molecule has 1 amide bonds. The standard InChI is InChI=1S/C16H23N5O/c1-10-8-11(2)19-15(18-10)6-7-17-16(22)14(5)21-13(4)9-12(3)20-21/h8-9,14H,6-7H2,1-5H3,(H,17,22)/t14-/m0/s1. The molecular weight excluding hydrogens is 278 g/mol. The third-order valence-electron chi connectivity index (χ3n) is 3.47. The van der Waals surface area contributed by atoms with Crippen molar-refractivity contribution in [2.75, 3.05) is 6.54 Å². The molecule has 6 heteroatoms. The van der Waals surface area contributed by atoms with Crippen LogP contribution in [0.4, 0.5) is 0 Å². The topological polar surface area (TPSA) is 72.7 Å². The molecule has 2 aromatic rings. The van der Waals surface area contributed by atoms with Crippen LogP contribution in [-0.2, 0) is 11.2 Å². The minimum Gasteiger partial charge on any atom is -0.354 e. The predicted octanol–water partition coefficient (Wildman–Crippen LogP) is 1.83. The van der Waals surface area contributed by atoms with Gasteiger partial charge in [-0.3, -0.25) is 9.48 Å². The van der Waals surface area contributed by atoms with E-state index in [4.69, 9.17) is 0 Å². The average molecular weight is 301 g/mol. The zero-order valence-electron chi connectivity index (χ0n) is 13.8. The van der Waals surface area contributed by atoms with E-state index in [1.165, 1.54) is 0 Å². The Hall–Kier alpha value is -2.24. The Balaban J connectivity index is 1.91. The molecule has 1 N–H and O–H groups in total. The Morgan fingerprint density at radius 2 is 1.77 bits per heavy atom. The summed E-state index contributed by atoms with van der Waals surface area (Å²) in [4.78, 5) is 21.0. The lowest BCUT2D eigenvalue weighted by atomic mass is 10.3. The summed E-state index contributed by atoms with van der Waals surface area (Å²) in [6.45, 7) is 10.1. The number of nitrogens with one attached hydrogen (secondary N) is 1. The van der Waals surface area contributed by atoms with E-state index >= 15 is 0 Å². The summed E-state index contributed by atoms with van der Waals surface area (Å²) < 4.78 is 1.75. The van der Waals surface area contributed by atoms with Crippen LogP contribution in [0.5, 0.6) is 0 Å². The highest BCUT2D eigenvalue weighted by Crippen LogP contribution is 2.10. The van der Waals surface area contributed by atoms with Crippen molar-refractivity contribution in [3.63, 3.8) is 0 Å². The average Bonchev–Trinajstić information content (AvgIpc) is 2.75. The number of hydrogen-bond acceptors (Lipinski definition) is 4. The summed E-state index contributed by atoms with van der Waals surface area (Å²) in [5, 5.41) is 7.28. The SMILES string of the molecule is Cc1cc(C)nc(CCNC(=O)[C@H](C)n2nc(C)cc2C)n1. The Bertz CT molecular complexity index is 657. The van der Waals surface area contributed by atoms with Crippen LogP contribution < -0.4 is 5.32 Å². The van der Waals surface area contributed by atoms with Crippen molar-refractivity contribution in [1.29, 1.82) is 0 Å². The van der Waals surface area contributed by atoms with Crippen molar-refractivity contribution < 1.29 is 4.79 Å². The van der Waals surface area contributed by atoms with E-state index in [1.807, 2.05) is 46.8 Å². The minimum absolute atomic E-state index is 0.0458. The first-order valence-corrected chi connectivity index (χ1v) is 7.48. The zero-order chi connectivity index (χ0) is 16.3. The number of aryl methyl sites for hydroxylation is 4. The second kappa shape index (κ2) is 6.68. The number of amides is 1. The fraction of sp³-hybridized carbons (Fsp3) is 0.500. The Morgan fingerprint density at radius 1 is 1.14 bits per heavy atom. The van der Waals surface area contributed by atoms with Crippen molar-refractivity contribution in [1.82, 2.24) is 25.1 Å². The van der Waals surface area contributed by atoms with Gasteiger partial charge in [-0.05, 0) is 46.8 Å². The third kappa shape index (κ3) is 3.90. The highest BCUT2D eigenvalue weighted by atomic mass is 16.2. The number of rotatable bonds is 5. The first-order chi connectivity index (χ1) is 10.4. The van der Waals surface area contributed by atoms with E-state index in [0.29, 0.717) is 13.0 Å². The van der Waals surface area contributed by atoms with Gasteiger partial charge in [0.2, 0.25) is 5.91 Å². The third-order valence-corrected chi connectivity index (χ3v) is 3.47. The molecule has 0 unspecified atom stereocenters. The summed E-state index contributed by atoms with van der Waals surface area (Å²) in [6.07, 6.45) is 0.623. The van der Waals surface area contributed by atoms with Gasteiger partial charge in [-0.1, -0.05) is 0 Å². The Kier molecular flexibility index (Phi) is 4.90. The lowest BCUT2D eigenvalue weighted by Crippen LogP contribution is -2.33.